The molecular weight excluding hydrogens is 398 g/mol. The first-order valence-corrected chi connectivity index (χ1v) is 9.43. The Bertz CT molecular complexity index is 1040. The third kappa shape index (κ3) is 4.00. The van der Waals surface area contributed by atoms with E-state index in [1.54, 1.807) is 12.1 Å². The third-order valence-electron chi connectivity index (χ3n) is 4.79. The average molecular weight is 415 g/mol. The molecule has 1 atom stereocenters. The maximum absolute atomic E-state index is 15.5. The number of pyridine rings is 1. The van der Waals surface area contributed by atoms with Gasteiger partial charge in [0.05, 0.1) is 11.6 Å². The van der Waals surface area contributed by atoms with Crippen molar-refractivity contribution in [2.75, 3.05) is 0 Å². The number of halogens is 3. The Morgan fingerprint density at radius 1 is 1.17 bits per heavy atom. The van der Waals surface area contributed by atoms with Gasteiger partial charge in [0.2, 0.25) is 0 Å². The van der Waals surface area contributed by atoms with Crippen LogP contribution in [0, 0.1) is 17.8 Å². The van der Waals surface area contributed by atoms with E-state index in [-0.39, 0.29) is 10.6 Å². The summed E-state index contributed by atoms with van der Waals surface area (Å²) in [5.41, 5.74) is -2.49. The molecular formula is C21H17ClF2N4O. The second kappa shape index (κ2) is 7.54. The van der Waals surface area contributed by atoms with Crippen LogP contribution in [0.25, 0.3) is 0 Å². The fourth-order valence-electron chi connectivity index (χ4n) is 2.94. The Kier molecular flexibility index (Phi) is 5.07. The zero-order valence-electron chi connectivity index (χ0n) is 15.3. The molecule has 0 bridgehead atoms. The first kappa shape index (κ1) is 19.5. The Balaban J connectivity index is 1.74. The number of aliphatic hydroxyl groups is 1. The van der Waals surface area contributed by atoms with Crippen LogP contribution in [0.4, 0.5) is 8.78 Å². The zero-order chi connectivity index (χ0) is 20.5. The Labute approximate surface area is 171 Å². The summed E-state index contributed by atoms with van der Waals surface area (Å²) in [7, 11) is 0. The van der Waals surface area contributed by atoms with Crippen LogP contribution in [0.5, 0.6) is 0 Å². The van der Waals surface area contributed by atoms with E-state index in [2.05, 4.69) is 26.9 Å². The molecule has 3 aromatic rings. The summed E-state index contributed by atoms with van der Waals surface area (Å²) in [5.74, 6) is 2.86. The molecule has 29 heavy (non-hydrogen) atoms. The number of rotatable bonds is 5. The van der Waals surface area contributed by atoms with Crippen molar-refractivity contribution in [2.45, 2.75) is 30.9 Å². The Morgan fingerprint density at radius 2 is 1.93 bits per heavy atom. The summed E-state index contributed by atoms with van der Waals surface area (Å²) < 4.78 is 32.2. The number of nitrogens with zero attached hydrogens (tertiary/aromatic N) is 4. The molecule has 0 radical (unpaired) electrons. The van der Waals surface area contributed by atoms with Gasteiger partial charge in [-0.05, 0) is 42.7 Å². The van der Waals surface area contributed by atoms with Gasteiger partial charge in [0, 0.05) is 17.7 Å². The van der Waals surface area contributed by atoms with Crippen molar-refractivity contribution >= 4 is 11.6 Å². The van der Waals surface area contributed by atoms with Crippen molar-refractivity contribution in [3.63, 3.8) is 0 Å². The van der Waals surface area contributed by atoms with E-state index in [1.165, 1.54) is 30.9 Å². The highest BCUT2D eigenvalue weighted by Crippen LogP contribution is 2.46. The topological polar surface area (TPSA) is 63.8 Å². The maximum atomic E-state index is 15.5. The zero-order valence-corrected chi connectivity index (χ0v) is 16.0. The molecule has 1 saturated carbocycles. The van der Waals surface area contributed by atoms with E-state index < -0.39 is 23.8 Å². The highest BCUT2D eigenvalue weighted by Gasteiger charge is 2.56. The summed E-state index contributed by atoms with van der Waals surface area (Å²) in [5, 5.41) is 15.4. The molecule has 1 aromatic carbocycles. The molecule has 5 nitrogen and oxygen atoms in total. The highest BCUT2D eigenvalue weighted by atomic mass is 35.5. The fraction of sp³-hybridized carbons (Fsp3) is 0.286. The summed E-state index contributed by atoms with van der Waals surface area (Å²) in [6.07, 6.45) is 5.81. The number of benzene rings is 1. The summed E-state index contributed by atoms with van der Waals surface area (Å²) in [6.45, 7) is -0.516. The molecule has 0 aliphatic heterocycles. The molecule has 2 heterocycles. The van der Waals surface area contributed by atoms with Crippen molar-refractivity contribution in [1.82, 2.24) is 19.7 Å². The lowest BCUT2D eigenvalue weighted by Gasteiger charge is -2.35. The van der Waals surface area contributed by atoms with E-state index in [0.29, 0.717) is 11.5 Å². The summed E-state index contributed by atoms with van der Waals surface area (Å²) >= 11 is 5.78. The lowest BCUT2D eigenvalue weighted by Crippen LogP contribution is -2.47. The largest absolute Gasteiger partial charge is 0.377 e. The smallest absolute Gasteiger partial charge is 0.323 e. The monoisotopic (exact) mass is 414 g/mol. The number of alkyl halides is 2. The van der Waals surface area contributed by atoms with E-state index in [4.69, 9.17) is 11.6 Å². The predicted octanol–water partition coefficient (Wildman–Crippen LogP) is 3.77. The van der Waals surface area contributed by atoms with Crippen LogP contribution in [0.3, 0.4) is 0 Å². The lowest BCUT2D eigenvalue weighted by molar-refractivity contribution is -0.206. The Hall–Kier alpha value is -2.82. The van der Waals surface area contributed by atoms with Gasteiger partial charge in [0.25, 0.3) is 0 Å². The van der Waals surface area contributed by atoms with Crippen LogP contribution in [0.15, 0.2) is 55.2 Å². The quantitative estimate of drug-likeness (QED) is 0.645. The molecule has 1 unspecified atom stereocenters. The van der Waals surface area contributed by atoms with E-state index >= 15 is 8.78 Å². The van der Waals surface area contributed by atoms with Crippen LogP contribution in [0.2, 0.25) is 5.02 Å². The van der Waals surface area contributed by atoms with Crippen molar-refractivity contribution in [2.24, 2.45) is 5.92 Å². The maximum Gasteiger partial charge on any atom is 0.323 e. The molecule has 1 aliphatic rings. The van der Waals surface area contributed by atoms with E-state index in [1.807, 2.05) is 0 Å². The van der Waals surface area contributed by atoms with Gasteiger partial charge in [-0.2, -0.15) is 13.9 Å². The van der Waals surface area contributed by atoms with Crippen LogP contribution in [-0.2, 0) is 18.1 Å². The molecule has 2 aromatic heterocycles. The van der Waals surface area contributed by atoms with Crippen molar-refractivity contribution < 1.29 is 13.9 Å². The van der Waals surface area contributed by atoms with Crippen LogP contribution >= 0.6 is 11.6 Å². The first-order chi connectivity index (χ1) is 13.9. The number of hydrogen-bond donors (Lipinski definition) is 1. The van der Waals surface area contributed by atoms with Gasteiger partial charge >= 0.3 is 5.92 Å². The van der Waals surface area contributed by atoms with Gasteiger partial charge in [0.15, 0.2) is 5.60 Å². The minimum absolute atomic E-state index is 0.0201. The van der Waals surface area contributed by atoms with Crippen LogP contribution < -0.4 is 0 Å². The molecule has 0 spiro atoms. The standard InChI is InChI=1S/C21H17ClF2N4O/c22-18-9-10-19(26-11-18)21(23,24)20(29,12-28-14-25-13-27-28)17-7-5-16(6-8-17)4-3-15-1-2-15/h5-11,13-15,29H,1-2,12H2. The minimum atomic E-state index is -3.73. The first-order valence-electron chi connectivity index (χ1n) is 9.05. The van der Waals surface area contributed by atoms with Gasteiger partial charge in [-0.1, -0.05) is 35.6 Å². The fourth-order valence-corrected chi connectivity index (χ4v) is 3.05. The third-order valence-corrected chi connectivity index (χ3v) is 5.01. The molecule has 148 valence electrons. The second-order valence-electron chi connectivity index (χ2n) is 7.01. The molecule has 8 heteroatoms. The highest BCUT2D eigenvalue weighted by molar-refractivity contribution is 6.30. The number of hydrogen-bond acceptors (Lipinski definition) is 4. The molecule has 1 aliphatic carbocycles. The summed E-state index contributed by atoms with van der Waals surface area (Å²) in [4.78, 5) is 7.51. The van der Waals surface area contributed by atoms with E-state index in [0.717, 1.165) is 29.8 Å². The summed E-state index contributed by atoms with van der Waals surface area (Å²) in [6, 6.07) is 8.58. The van der Waals surface area contributed by atoms with Crippen LogP contribution in [-0.4, -0.2) is 24.9 Å². The molecule has 1 N–H and O–H groups in total. The average Bonchev–Trinajstić information content (AvgIpc) is 3.41. The van der Waals surface area contributed by atoms with Gasteiger partial charge in [-0.3, -0.25) is 4.98 Å². The molecule has 1 fully saturated rings. The second-order valence-corrected chi connectivity index (χ2v) is 7.45. The van der Waals surface area contributed by atoms with Gasteiger partial charge in [0.1, 0.15) is 18.3 Å². The van der Waals surface area contributed by atoms with Gasteiger partial charge in [-0.15, -0.1) is 0 Å². The van der Waals surface area contributed by atoms with Crippen LogP contribution in [0.1, 0.15) is 29.7 Å². The predicted molar refractivity (Wildman–Crippen MR) is 103 cm³/mol. The van der Waals surface area contributed by atoms with Crippen molar-refractivity contribution in [3.8, 4) is 11.8 Å². The van der Waals surface area contributed by atoms with Gasteiger partial charge < -0.3 is 5.11 Å². The minimum Gasteiger partial charge on any atom is -0.377 e. The SMILES string of the molecule is OC(Cn1cncn1)(c1ccc(C#CC2CC2)cc1)C(F)(F)c1ccc(Cl)cn1. The lowest BCUT2D eigenvalue weighted by atomic mass is 9.84. The molecule has 0 saturated heterocycles. The molecule has 4 rings (SSSR count). The van der Waals surface area contributed by atoms with Crippen molar-refractivity contribution in [3.05, 3.63) is 77.1 Å². The van der Waals surface area contributed by atoms with Crippen molar-refractivity contribution in [1.29, 1.82) is 0 Å². The normalized spacial score (nSPS) is 16.0. The Morgan fingerprint density at radius 3 is 2.52 bits per heavy atom. The van der Waals surface area contributed by atoms with Gasteiger partial charge in [-0.25, -0.2) is 9.67 Å². The molecule has 0 amide bonds. The van der Waals surface area contributed by atoms with E-state index in [9.17, 15) is 5.11 Å². The number of aromatic nitrogens is 4.